The average Bonchev–Trinajstić information content (AvgIpc) is 3.87. The van der Waals surface area contributed by atoms with Crippen LogP contribution < -0.4 is 0 Å². The third-order valence-electron chi connectivity index (χ3n) is 7.44. The number of aromatic nitrogens is 9. The highest BCUT2D eigenvalue weighted by atomic mass is 32.1. The van der Waals surface area contributed by atoms with Gasteiger partial charge in [0.25, 0.3) is 0 Å². The van der Waals surface area contributed by atoms with Crippen LogP contribution in [0.4, 0.5) is 0 Å². The summed E-state index contributed by atoms with van der Waals surface area (Å²) in [7, 11) is 0. The molecule has 0 unspecified atom stereocenters. The summed E-state index contributed by atoms with van der Waals surface area (Å²) in [5, 5.41) is 0. The molecule has 0 aliphatic carbocycles. The van der Waals surface area contributed by atoms with Gasteiger partial charge in [-0.05, 0) is 42.3 Å². The van der Waals surface area contributed by atoms with Crippen molar-refractivity contribution in [2.75, 3.05) is 0 Å². The molecule has 9 nitrogen and oxygen atoms in total. The second kappa shape index (κ2) is 12.3. The maximum Gasteiger partial charge on any atom is 0.214 e. The van der Waals surface area contributed by atoms with E-state index in [-0.39, 0.29) is 0 Å². The Morgan fingerprint density at radius 3 is 1.47 bits per heavy atom. The number of hydrogen-bond donors (Lipinski definition) is 0. The van der Waals surface area contributed by atoms with Crippen molar-refractivity contribution in [2.24, 2.45) is 5.92 Å². The van der Waals surface area contributed by atoms with Crippen molar-refractivity contribution in [3.05, 3.63) is 90.3 Å². The quantitative estimate of drug-likeness (QED) is 0.189. The Balaban J connectivity index is 0.000000109. The molecule has 3 aromatic carbocycles. The molecule has 0 radical (unpaired) electrons. The highest BCUT2D eigenvalue weighted by Crippen LogP contribution is 2.25. The van der Waals surface area contributed by atoms with E-state index in [1.807, 2.05) is 54.6 Å². The van der Waals surface area contributed by atoms with Gasteiger partial charge in [-0.3, -0.25) is 13.2 Å². The molecule has 0 aliphatic rings. The van der Waals surface area contributed by atoms with E-state index in [1.165, 1.54) is 40.1 Å². The van der Waals surface area contributed by atoms with Gasteiger partial charge >= 0.3 is 0 Å². The van der Waals surface area contributed by atoms with Gasteiger partial charge in [0.05, 0.1) is 33.1 Å². The van der Waals surface area contributed by atoms with Gasteiger partial charge in [-0.2, -0.15) is 13.1 Å². The first-order valence-electron chi connectivity index (χ1n) is 15.1. The summed E-state index contributed by atoms with van der Waals surface area (Å²) in [6.07, 6.45) is 1.95. The number of aryl methyl sites for hydroxylation is 1. The van der Waals surface area contributed by atoms with E-state index in [1.54, 1.807) is 0 Å². The number of benzene rings is 3. The highest BCUT2D eigenvalue weighted by molar-refractivity contribution is 7.11. The lowest BCUT2D eigenvalue weighted by Crippen LogP contribution is -1.99. The van der Waals surface area contributed by atoms with E-state index in [2.05, 4.69) is 94.1 Å². The van der Waals surface area contributed by atoms with Crippen LogP contribution in [0.15, 0.2) is 72.8 Å². The van der Waals surface area contributed by atoms with Crippen LogP contribution in [0.5, 0.6) is 0 Å². The maximum absolute atomic E-state index is 4.56. The van der Waals surface area contributed by atoms with Crippen molar-refractivity contribution in [3.63, 3.8) is 0 Å². The van der Waals surface area contributed by atoms with E-state index >= 15 is 0 Å². The van der Waals surface area contributed by atoms with Crippen LogP contribution in [0.3, 0.4) is 0 Å². The predicted molar refractivity (Wildman–Crippen MR) is 187 cm³/mol. The molecule has 45 heavy (non-hydrogen) atoms. The first-order valence-corrected chi connectivity index (χ1v) is 17.4. The number of hydrogen-bond acceptors (Lipinski definition) is 9. The molecule has 12 heteroatoms. The molecule has 9 rings (SSSR count). The molecule has 0 N–H and O–H groups in total. The summed E-state index contributed by atoms with van der Waals surface area (Å²) in [4.78, 5) is 16.6. The second-order valence-electron chi connectivity index (χ2n) is 11.5. The molecule has 0 atom stereocenters. The normalized spacial score (nSPS) is 11.8. The molecule has 6 heterocycles. The van der Waals surface area contributed by atoms with Gasteiger partial charge in [0.1, 0.15) is 17.5 Å². The number of para-hydroxylation sites is 6. The SMILES string of the molecule is CC(C)Cc1nsc2nc3ccccc3n12.CC(C)c1nsc2nc3ccccc3n12.CCc1nsc2nc3ccccc3n12. The summed E-state index contributed by atoms with van der Waals surface area (Å²) >= 11 is 4.42. The summed E-state index contributed by atoms with van der Waals surface area (Å²) in [5.41, 5.74) is 6.64. The molecular formula is C33H33N9S3. The van der Waals surface area contributed by atoms with Crippen LogP contribution in [0.1, 0.15) is 58.0 Å². The maximum atomic E-state index is 4.56. The van der Waals surface area contributed by atoms with Gasteiger partial charge in [-0.15, -0.1) is 0 Å². The number of nitrogens with zero attached hydrogens (tertiary/aromatic N) is 9. The van der Waals surface area contributed by atoms with Gasteiger partial charge < -0.3 is 0 Å². The van der Waals surface area contributed by atoms with Crippen molar-refractivity contribution in [1.29, 1.82) is 0 Å². The summed E-state index contributed by atoms with van der Waals surface area (Å²) < 4.78 is 19.8. The van der Waals surface area contributed by atoms with Crippen LogP contribution in [0.2, 0.25) is 0 Å². The van der Waals surface area contributed by atoms with E-state index in [0.717, 1.165) is 72.8 Å². The molecule has 0 amide bonds. The largest absolute Gasteiger partial charge is 0.270 e. The molecule has 0 saturated carbocycles. The first kappa shape index (κ1) is 29.5. The Hall–Kier alpha value is -4.26. The zero-order chi connectivity index (χ0) is 31.1. The Morgan fingerprint density at radius 1 is 0.556 bits per heavy atom. The van der Waals surface area contributed by atoms with Crippen molar-refractivity contribution < 1.29 is 0 Å². The fourth-order valence-corrected chi connectivity index (χ4v) is 7.86. The molecule has 0 bridgehead atoms. The minimum atomic E-state index is 0.427. The topological polar surface area (TPSA) is 90.6 Å². The molecule has 6 aromatic heterocycles. The Kier molecular flexibility index (Phi) is 8.03. The molecule has 0 spiro atoms. The first-order chi connectivity index (χ1) is 21.9. The lowest BCUT2D eigenvalue weighted by Gasteiger charge is -2.01. The van der Waals surface area contributed by atoms with Crippen LogP contribution in [-0.4, -0.2) is 41.3 Å². The second-order valence-corrected chi connectivity index (χ2v) is 13.7. The molecule has 228 valence electrons. The zero-order valence-corrected chi connectivity index (χ0v) is 28.2. The van der Waals surface area contributed by atoms with E-state index in [4.69, 9.17) is 0 Å². The molecular weight excluding hydrogens is 619 g/mol. The van der Waals surface area contributed by atoms with Crippen molar-refractivity contribution in [3.8, 4) is 0 Å². The number of rotatable bonds is 4. The Bertz CT molecular complexity index is 2380. The van der Waals surface area contributed by atoms with Gasteiger partial charge in [0, 0.05) is 53.4 Å². The van der Waals surface area contributed by atoms with Crippen LogP contribution >= 0.6 is 34.6 Å². The molecule has 0 fully saturated rings. The van der Waals surface area contributed by atoms with Crippen LogP contribution in [0.25, 0.3) is 48.0 Å². The zero-order valence-electron chi connectivity index (χ0n) is 25.7. The summed E-state index contributed by atoms with van der Waals surface area (Å²) in [6, 6.07) is 24.6. The smallest absolute Gasteiger partial charge is 0.214 e. The van der Waals surface area contributed by atoms with Crippen molar-refractivity contribution in [1.82, 2.24) is 41.3 Å². The minimum Gasteiger partial charge on any atom is -0.270 e. The van der Waals surface area contributed by atoms with E-state index in [0.29, 0.717) is 11.8 Å². The Morgan fingerprint density at radius 2 is 0.978 bits per heavy atom. The number of imidazole rings is 3. The monoisotopic (exact) mass is 651 g/mol. The molecule has 0 saturated heterocycles. The van der Waals surface area contributed by atoms with Gasteiger partial charge in [0.2, 0.25) is 14.9 Å². The predicted octanol–water partition coefficient (Wildman–Crippen LogP) is 8.72. The molecule has 0 aliphatic heterocycles. The third-order valence-corrected chi connectivity index (χ3v) is 9.64. The van der Waals surface area contributed by atoms with Crippen LogP contribution in [-0.2, 0) is 12.8 Å². The lowest BCUT2D eigenvalue weighted by atomic mass is 10.1. The molecule has 9 aromatic rings. The van der Waals surface area contributed by atoms with Crippen molar-refractivity contribution in [2.45, 2.75) is 53.4 Å². The fraction of sp³-hybridized carbons (Fsp3) is 0.273. The van der Waals surface area contributed by atoms with E-state index in [9.17, 15) is 0 Å². The third kappa shape index (κ3) is 5.47. The van der Waals surface area contributed by atoms with Gasteiger partial charge in [-0.25, -0.2) is 15.0 Å². The van der Waals surface area contributed by atoms with Gasteiger partial charge in [0.15, 0.2) is 0 Å². The fourth-order valence-electron chi connectivity index (χ4n) is 5.39. The average molecular weight is 652 g/mol. The number of fused-ring (bicyclic) bond motifs is 9. The minimum absolute atomic E-state index is 0.427. The highest BCUT2D eigenvalue weighted by Gasteiger charge is 2.14. The van der Waals surface area contributed by atoms with E-state index < -0.39 is 0 Å². The standard InChI is InChI=1S/C12H13N3S.C11H11N3S.C10H9N3S/c1-8(2)7-11-14-16-12-13-9-5-3-4-6-10(9)15(11)12;1-7(2)10-13-15-11-12-8-5-3-4-6-9(8)14(10)11;1-2-9-12-14-10-11-7-5-3-4-6-8(7)13(9)10/h3-6,8H,7H2,1-2H3;3-7H,1-2H3;3-6H,2H2,1H3. The summed E-state index contributed by atoms with van der Waals surface area (Å²) in [5.74, 6) is 4.37. The Labute approximate surface area is 272 Å². The summed E-state index contributed by atoms with van der Waals surface area (Å²) in [6.45, 7) is 10.9. The van der Waals surface area contributed by atoms with Crippen LogP contribution in [0, 0.1) is 5.92 Å². The lowest BCUT2D eigenvalue weighted by molar-refractivity contribution is 0.623. The van der Waals surface area contributed by atoms with Gasteiger partial charge in [-0.1, -0.05) is 71.0 Å². The van der Waals surface area contributed by atoms with Crippen molar-refractivity contribution >= 4 is 82.6 Å².